The normalized spacial score (nSPS) is 10.2. The van der Waals surface area contributed by atoms with Crippen LogP contribution in [-0.2, 0) is 9.59 Å². The molecule has 2 amide bonds. The van der Waals surface area contributed by atoms with Gasteiger partial charge >= 0.3 is 0 Å². The highest BCUT2D eigenvalue weighted by molar-refractivity contribution is 5.95. The van der Waals surface area contributed by atoms with Gasteiger partial charge in [-0.05, 0) is 30.7 Å². The van der Waals surface area contributed by atoms with Gasteiger partial charge in [0, 0.05) is 13.5 Å². The number of hydrogen-bond acceptors (Lipinski definition) is 3. The Labute approximate surface area is 155 Å². The second-order valence-corrected chi connectivity index (χ2v) is 6.11. The second kappa shape index (κ2) is 10.2. The van der Waals surface area contributed by atoms with Crippen LogP contribution in [0.3, 0.4) is 0 Å². The maximum atomic E-state index is 12.4. The Hall–Kier alpha value is -2.82. The van der Waals surface area contributed by atoms with Crippen molar-refractivity contribution in [3.05, 3.63) is 54.6 Å². The van der Waals surface area contributed by atoms with Crippen LogP contribution in [0.15, 0.2) is 54.6 Å². The first-order chi connectivity index (χ1) is 12.6. The van der Waals surface area contributed by atoms with Gasteiger partial charge in [-0.25, -0.2) is 0 Å². The molecule has 0 saturated heterocycles. The molecule has 0 aliphatic rings. The molecule has 5 heteroatoms. The zero-order valence-electron chi connectivity index (χ0n) is 15.4. The van der Waals surface area contributed by atoms with Crippen LogP contribution in [0.2, 0.25) is 0 Å². The number of anilines is 1. The van der Waals surface area contributed by atoms with E-state index < -0.39 is 0 Å². The van der Waals surface area contributed by atoms with Crippen molar-refractivity contribution < 1.29 is 14.3 Å². The number of rotatable bonds is 9. The first-order valence-electron chi connectivity index (χ1n) is 8.97. The third-order valence-electron chi connectivity index (χ3n) is 3.94. The molecule has 0 atom stereocenters. The Morgan fingerprint density at radius 1 is 1.00 bits per heavy atom. The molecule has 0 unspecified atom stereocenters. The van der Waals surface area contributed by atoms with Gasteiger partial charge in [-0.15, -0.1) is 0 Å². The summed E-state index contributed by atoms with van der Waals surface area (Å²) >= 11 is 0. The van der Waals surface area contributed by atoms with E-state index in [-0.39, 0.29) is 18.4 Å². The molecule has 2 aromatic rings. The number of hydrogen-bond donors (Lipinski definition) is 1. The lowest BCUT2D eigenvalue weighted by Crippen LogP contribution is -2.37. The lowest BCUT2D eigenvalue weighted by Gasteiger charge is -2.21. The average Bonchev–Trinajstić information content (AvgIpc) is 2.63. The van der Waals surface area contributed by atoms with Crippen LogP contribution in [0.5, 0.6) is 11.5 Å². The zero-order chi connectivity index (χ0) is 18.8. The minimum Gasteiger partial charge on any atom is -0.455 e. The Morgan fingerprint density at radius 3 is 2.38 bits per heavy atom. The third-order valence-corrected chi connectivity index (χ3v) is 3.94. The number of carbonyl (C=O) groups is 2. The predicted octanol–water partition coefficient (Wildman–Crippen LogP) is 4.46. The summed E-state index contributed by atoms with van der Waals surface area (Å²) in [4.78, 5) is 25.7. The van der Waals surface area contributed by atoms with Gasteiger partial charge < -0.3 is 15.0 Å². The SMILES string of the molecule is CCCCCN(CC(=O)Nc1ccccc1Oc1ccccc1)C(C)=O. The molecule has 0 aromatic heterocycles. The van der Waals surface area contributed by atoms with Gasteiger partial charge in [-0.3, -0.25) is 9.59 Å². The van der Waals surface area contributed by atoms with E-state index in [9.17, 15) is 9.59 Å². The second-order valence-electron chi connectivity index (χ2n) is 6.11. The van der Waals surface area contributed by atoms with Crippen molar-refractivity contribution in [1.29, 1.82) is 0 Å². The van der Waals surface area contributed by atoms with Crippen LogP contribution in [0.4, 0.5) is 5.69 Å². The fourth-order valence-corrected chi connectivity index (χ4v) is 2.54. The molecule has 0 aliphatic carbocycles. The summed E-state index contributed by atoms with van der Waals surface area (Å²) in [5.41, 5.74) is 0.582. The molecule has 1 N–H and O–H groups in total. The highest BCUT2D eigenvalue weighted by Gasteiger charge is 2.15. The lowest BCUT2D eigenvalue weighted by atomic mass is 10.2. The van der Waals surface area contributed by atoms with Crippen molar-refractivity contribution in [3.63, 3.8) is 0 Å². The lowest BCUT2D eigenvalue weighted by molar-refractivity contribution is -0.132. The summed E-state index contributed by atoms with van der Waals surface area (Å²) in [5.74, 6) is 0.928. The molecule has 0 aliphatic heterocycles. The molecule has 0 saturated carbocycles. The Morgan fingerprint density at radius 2 is 1.69 bits per heavy atom. The molecule has 0 bridgehead atoms. The number of benzene rings is 2. The van der Waals surface area contributed by atoms with Crippen LogP contribution in [0.25, 0.3) is 0 Å². The molecule has 2 aromatic carbocycles. The van der Waals surface area contributed by atoms with E-state index in [1.54, 1.807) is 17.0 Å². The summed E-state index contributed by atoms with van der Waals surface area (Å²) in [6.45, 7) is 4.23. The number of ether oxygens (including phenoxy) is 1. The summed E-state index contributed by atoms with van der Waals surface area (Å²) in [5, 5.41) is 2.85. The fraction of sp³-hybridized carbons (Fsp3) is 0.333. The molecule has 138 valence electrons. The van der Waals surface area contributed by atoms with E-state index in [1.165, 1.54) is 6.92 Å². The molecule has 0 spiro atoms. The van der Waals surface area contributed by atoms with Gasteiger partial charge in [0.2, 0.25) is 11.8 Å². The number of carbonyl (C=O) groups excluding carboxylic acids is 2. The maximum absolute atomic E-state index is 12.4. The van der Waals surface area contributed by atoms with Gasteiger partial charge in [0.05, 0.1) is 12.2 Å². The highest BCUT2D eigenvalue weighted by atomic mass is 16.5. The fourth-order valence-electron chi connectivity index (χ4n) is 2.54. The summed E-state index contributed by atoms with van der Waals surface area (Å²) in [7, 11) is 0. The van der Waals surface area contributed by atoms with Crippen molar-refractivity contribution >= 4 is 17.5 Å². The molecule has 0 radical (unpaired) electrons. The van der Waals surface area contributed by atoms with Gasteiger partial charge in [-0.1, -0.05) is 50.1 Å². The van der Waals surface area contributed by atoms with E-state index in [1.807, 2.05) is 42.5 Å². The average molecular weight is 354 g/mol. The van der Waals surface area contributed by atoms with E-state index in [0.717, 1.165) is 19.3 Å². The Kier molecular flexibility index (Phi) is 7.68. The smallest absolute Gasteiger partial charge is 0.244 e. The standard InChI is InChI=1S/C21H26N2O3/c1-3-4-10-15-23(17(2)24)16-21(25)22-19-13-8-9-14-20(19)26-18-11-6-5-7-12-18/h5-9,11-14H,3-4,10,15-16H2,1-2H3,(H,22,25). The first-order valence-corrected chi connectivity index (χ1v) is 8.97. The summed E-state index contributed by atoms with van der Waals surface area (Å²) in [6, 6.07) is 16.6. The van der Waals surface area contributed by atoms with Crippen molar-refractivity contribution in [3.8, 4) is 11.5 Å². The minimum atomic E-state index is -0.235. The highest BCUT2D eigenvalue weighted by Crippen LogP contribution is 2.29. The minimum absolute atomic E-state index is 0.0404. The van der Waals surface area contributed by atoms with Crippen LogP contribution >= 0.6 is 0 Å². The number of nitrogens with zero attached hydrogens (tertiary/aromatic N) is 1. The van der Waals surface area contributed by atoms with Crippen molar-refractivity contribution in [2.45, 2.75) is 33.1 Å². The number of nitrogens with one attached hydrogen (secondary N) is 1. The molecule has 26 heavy (non-hydrogen) atoms. The van der Waals surface area contributed by atoms with Crippen molar-refractivity contribution in [1.82, 2.24) is 4.90 Å². The van der Waals surface area contributed by atoms with E-state index in [0.29, 0.717) is 23.7 Å². The summed E-state index contributed by atoms with van der Waals surface area (Å²) in [6.07, 6.45) is 3.01. The van der Waals surface area contributed by atoms with Crippen LogP contribution < -0.4 is 10.1 Å². The van der Waals surface area contributed by atoms with Crippen molar-refractivity contribution in [2.24, 2.45) is 0 Å². The molecule has 0 heterocycles. The van der Waals surface area contributed by atoms with Gasteiger partial charge in [0.15, 0.2) is 5.75 Å². The monoisotopic (exact) mass is 354 g/mol. The third kappa shape index (κ3) is 6.24. The zero-order valence-corrected chi connectivity index (χ0v) is 15.4. The molecule has 0 fully saturated rings. The number of para-hydroxylation sites is 3. The topological polar surface area (TPSA) is 58.6 Å². The van der Waals surface area contributed by atoms with Gasteiger partial charge in [0.1, 0.15) is 5.75 Å². The molecular weight excluding hydrogens is 328 g/mol. The Bertz CT molecular complexity index is 716. The predicted molar refractivity (Wildman–Crippen MR) is 103 cm³/mol. The van der Waals surface area contributed by atoms with Crippen molar-refractivity contribution in [2.75, 3.05) is 18.4 Å². The molecule has 5 nitrogen and oxygen atoms in total. The Balaban J connectivity index is 2.00. The quantitative estimate of drug-likeness (QED) is 0.677. The van der Waals surface area contributed by atoms with E-state index in [4.69, 9.17) is 4.74 Å². The summed E-state index contributed by atoms with van der Waals surface area (Å²) < 4.78 is 5.85. The molecular formula is C21H26N2O3. The maximum Gasteiger partial charge on any atom is 0.244 e. The number of amides is 2. The van der Waals surface area contributed by atoms with E-state index in [2.05, 4.69) is 12.2 Å². The van der Waals surface area contributed by atoms with Gasteiger partial charge in [-0.2, -0.15) is 0 Å². The van der Waals surface area contributed by atoms with Crippen LogP contribution in [-0.4, -0.2) is 29.8 Å². The van der Waals surface area contributed by atoms with Crippen LogP contribution in [0.1, 0.15) is 33.1 Å². The van der Waals surface area contributed by atoms with Crippen LogP contribution in [0, 0.1) is 0 Å². The largest absolute Gasteiger partial charge is 0.455 e. The molecule has 2 rings (SSSR count). The first kappa shape index (κ1) is 19.5. The van der Waals surface area contributed by atoms with E-state index >= 15 is 0 Å². The number of unbranched alkanes of at least 4 members (excludes halogenated alkanes) is 2. The van der Waals surface area contributed by atoms with Gasteiger partial charge in [0.25, 0.3) is 0 Å².